The van der Waals surface area contributed by atoms with E-state index in [0.717, 1.165) is 16.5 Å². The summed E-state index contributed by atoms with van der Waals surface area (Å²) in [6.07, 6.45) is -4.72. The number of hydrogen-bond acceptors (Lipinski definition) is 3. The summed E-state index contributed by atoms with van der Waals surface area (Å²) in [6, 6.07) is 14.3. The molecule has 3 nitrogen and oxygen atoms in total. The van der Waals surface area contributed by atoms with Gasteiger partial charge in [0.15, 0.2) is 5.58 Å². The van der Waals surface area contributed by atoms with Crippen LogP contribution in [0.15, 0.2) is 53.1 Å². The van der Waals surface area contributed by atoms with Gasteiger partial charge in [-0.25, -0.2) is 0 Å². The Morgan fingerprint density at radius 1 is 1.04 bits per heavy atom. The summed E-state index contributed by atoms with van der Waals surface area (Å²) in [5, 5.41) is 4.97. The van der Waals surface area contributed by atoms with Gasteiger partial charge in [-0.15, -0.1) is 0 Å². The maximum Gasteiger partial charge on any atom is 0.389 e. The van der Waals surface area contributed by atoms with Crippen LogP contribution >= 0.6 is 0 Å². The SMILES string of the molecule is NC(CCCC(F)(F)F)c1ccccc1-c1noc2ccccc12. The highest BCUT2D eigenvalue weighted by molar-refractivity contribution is 5.92. The first-order chi connectivity index (χ1) is 11.5. The molecule has 0 aliphatic carbocycles. The fourth-order valence-corrected chi connectivity index (χ4v) is 2.79. The topological polar surface area (TPSA) is 52.0 Å². The van der Waals surface area contributed by atoms with Crippen molar-refractivity contribution < 1.29 is 17.7 Å². The molecule has 0 bridgehead atoms. The number of alkyl halides is 3. The lowest BCUT2D eigenvalue weighted by Gasteiger charge is -2.16. The summed E-state index contributed by atoms with van der Waals surface area (Å²) in [7, 11) is 0. The number of benzene rings is 2. The Labute approximate surface area is 137 Å². The molecule has 1 aromatic heterocycles. The zero-order chi connectivity index (χ0) is 17.2. The molecule has 0 spiro atoms. The Morgan fingerprint density at radius 2 is 1.75 bits per heavy atom. The van der Waals surface area contributed by atoms with Crippen LogP contribution in [0.25, 0.3) is 22.2 Å². The summed E-state index contributed by atoms with van der Waals surface area (Å²) in [4.78, 5) is 0. The summed E-state index contributed by atoms with van der Waals surface area (Å²) >= 11 is 0. The molecule has 2 N–H and O–H groups in total. The lowest BCUT2D eigenvalue weighted by atomic mass is 9.94. The minimum Gasteiger partial charge on any atom is -0.356 e. The van der Waals surface area contributed by atoms with Gasteiger partial charge < -0.3 is 10.3 Å². The van der Waals surface area contributed by atoms with Crippen LogP contribution in [0.4, 0.5) is 13.2 Å². The van der Waals surface area contributed by atoms with Gasteiger partial charge in [0.25, 0.3) is 0 Å². The molecule has 1 unspecified atom stereocenters. The molecule has 0 aliphatic heterocycles. The van der Waals surface area contributed by atoms with Crippen molar-refractivity contribution in [1.29, 1.82) is 0 Å². The molecule has 24 heavy (non-hydrogen) atoms. The predicted octanol–water partition coefficient (Wildman–Crippen LogP) is 5.23. The summed E-state index contributed by atoms with van der Waals surface area (Å²) in [5.41, 5.74) is 9.04. The van der Waals surface area contributed by atoms with Crippen LogP contribution < -0.4 is 5.73 Å². The van der Waals surface area contributed by atoms with Crippen LogP contribution in [0.2, 0.25) is 0 Å². The molecule has 2 aromatic carbocycles. The largest absolute Gasteiger partial charge is 0.389 e. The number of nitrogens with zero attached hydrogens (tertiary/aromatic N) is 1. The van der Waals surface area contributed by atoms with Gasteiger partial charge in [0.2, 0.25) is 0 Å². The average molecular weight is 334 g/mol. The molecular weight excluding hydrogens is 317 g/mol. The molecule has 6 heteroatoms. The van der Waals surface area contributed by atoms with Gasteiger partial charge in [0.05, 0.1) is 0 Å². The van der Waals surface area contributed by atoms with E-state index in [0.29, 0.717) is 11.3 Å². The fraction of sp³-hybridized carbons (Fsp3) is 0.278. The van der Waals surface area contributed by atoms with E-state index in [9.17, 15) is 13.2 Å². The van der Waals surface area contributed by atoms with E-state index >= 15 is 0 Å². The number of rotatable bonds is 5. The highest BCUT2D eigenvalue weighted by Gasteiger charge is 2.27. The monoisotopic (exact) mass is 334 g/mol. The third-order valence-electron chi connectivity index (χ3n) is 3.97. The Kier molecular flexibility index (Phi) is 4.57. The van der Waals surface area contributed by atoms with Crippen LogP contribution in [0, 0.1) is 0 Å². The molecule has 0 aliphatic rings. The smallest absolute Gasteiger partial charge is 0.356 e. The maximum absolute atomic E-state index is 12.3. The molecule has 0 saturated heterocycles. The van der Waals surface area contributed by atoms with Gasteiger partial charge >= 0.3 is 6.18 Å². The minimum absolute atomic E-state index is 0.00142. The third-order valence-corrected chi connectivity index (χ3v) is 3.97. The molecule has 0 saturated carbocycles. The zero-order valence-corrected chi connectivity index (χ0v) is 12.9. The predicted molar refractivity (Wildman–Crippen MR) is 86.3 cm³/mol. The fourth-order valence-electron chi connectivity index (χ4n) is 2.79. The summed E-state index contributed by atoms with van der Waals surface area (Å²) in [5.74, 6) is 0. The van der Waals surface area contributed by atoms with Gasteiger partial charge in [-0.1, -0.05) is 41.6 Å². The molecular formula is C18H17F3N2O. The van der Waals surface area contributed by atoms with Crippen LogP contribution in [0.3, 0.4) is 0 Å². The molecule has 0 radical (unpaired) electrons. The summed E-state index contributed by atoms with van der Waals surface area (Å²) < 4.78 is 42.3. The number of aromatic nitrogens is 1. The summed E-state index contributed by atoms with van der Waals surface area (Å²) in [6.45, 7) is 0. The first-order valence-electron chi connectivity index (χ1n) is 7.72. The molecule has 1 heterocycles. The number of nitrogens with two attached hydrogens (primary N) is 1. The lowest BCUT2D eigenvalue weighted by molar-refractivity contribution is -0.135. The molecule has 126 valence electrons. The zero-order valence-electron chi connectivity index (χ0n) is 12.9. The van der Waals surface area contributed by atoms with E-state index in [1.54, 1.807) is 0 Å². The van der Waals surface area contributed by atoms with E-state index in [2.05, 4.69) is 5.16 Å². The second-order valence-corrected chi connectivity index (χ2v) is 5.73. The van der Waals surface area contributed by atoms with Crippen molar-refractivity contribution in [3.63, 3.8) is 0 Å². The quantitative estimate of drug-likeness (QED) is 0.695. The third kappa shape index (κ3) is 3.59. The van der Waals surface area contributed by atoms with Crippen LogP contribution in [-0.2, 0) is 0 Å². The first-order valence-corrected chi connectivity index (χ1v) is 7.72. The van der Waals surface area contributed by atoms with Crippen molar-refractivity contribution >= 4 is 11.0 Å². The minimum atomic E-state index is -4.15. The van der Waals surface area contributed by atoms with Gasteiger partial charge in [-0.05, 0) is 30.5 Å². The standard InChI is InChI=1S/C18H17F3N2O/c19-18(20,21)11-5-9-15(22)12-6-1-2-7-13(12)17-14-8-3-4-10-16(14)24-23-17/h1-4,6-8,10,15H,5,9,11,22H2. The van der Waals surface area contributed by atoms with E-state index < -0.39 is 18.6 Å². The van der Waals surface area contributed by atoms with Crippen molar-refractivity contribution in [2.45, 2.75) is 31.5 Å². The Morgan fingerprint density at radius 3 is 2.54 bits per heavy atom. The van der Waals surface area contributed by atoms with Crippen LogP contribution in [0.1, 0.15) is 30.9 Å². The number of fused-ring (bicyclic) bond motifs is 1. The number of halogens is 3. The van der Waals surface area contributed by atoms with E-state index in [4.69, 9.17) is 10.3 Å². The van der Waals surface area contributed by atoms with E-state index in [-0.39, 0.29) is 12.8 Å². The molecule has 3 rings (SSSR count). The highest BCUT2D eigenvalue weighted by Crippen LogP contribution is 2.34. The molecule has 1 atom stereocenters. The van der Waals surface area contributed by atoms with Crippen molar-refractivity contribution in [2.24, 2.45) is 5.73 Å². The second kappa shape index (κ2) is 6.65. The van der Waals surface area contributed by atoms with Crippen molar-refractivity contribution in [3.8, 4) is 11.3 Å². The van der Waals surface area contributed by atoms with Gasteiger partial charge in [-0.3, -0.25) is 0 Å². The molecule has 0 fully saturated rings. The number of para-hydroxylation sites is 1. The normalized spacial score (nSPS) is 13.3. The average Bonchev–Trinajstić information content (AvgIpc) is 2.97. The van der Waals surface area contributed by atoms with Gasteiger partial charge in [-0.2, -0.15) is 13.2 Å². The number of hydrogen-bond donors (Lipinski definition) is 1. The molecule has 0 amide bonds. The van der Waals surface area contributed by atoms with Crippen LogP contribution in [-0.4, -0.2) is 11.3 Å². The van der Waals surface area contributed by atoms with Crippen molar-refractivity contribution in [1.82, 2.24) is 5.16 Å². The van der Waals surface area contributed by atoms with E-state index in [1.807, 2.05) is 48.5 Å². The Balaban J connectivity index is 1.88. The molecule has 3 aromatic rings. The lowest BCUT2D eigenvalue weighted by Crippen LogP contribution is -2.14. The van der Waals surface area contributed by atoms with Gasteiger partial charge in [0.1, 0.15) is 5.69 Å². The highest BCUT2D eigenvalue weighted by atomic mass is 19.4. The van der Waals surface area contributed by atoms with E-state index in [1.165, 1.54) is 0 Å². The second-order valence-electron chi connectivity index (χ2n) is 5.73. The first kappa shape index (κ1) is 16.5. The van der Waals surface area contributed by atoms with Crippen molar-refractivity contribution in [2.75, 3.05) is 0 Å². The van der Waals surface area contributed by atoms with Crippen molar-refractivity contribution in [3.05, 3.63) is 54.1 Å². The Bertz CT molecular complexity index is 826. The Hall–Kier alpha value is -2.34. The maximum atomic E-state index is 12.3. The van der Waals surface area contributed by atoms with Crippen LogP contribution in [0.5, 0.6) is 0 Å². The van der Waals surface area contributed by atoms with Gasteiger partial charge in [0, 0.05) is 23.4 Å².